The van der Waals surface area contributed by atoms with E-state index in [1.165, 1.54) is 16.7 Å². The zero-order chi connectivity index (χ0) is 37.3. The van der Waals surface area contributed by atoms with Gasteiger partial charge in [0.25, 0.3) is 11.8 Å². The molecule has 4 aromatic rings. The lowest BCUT2D eigenvalue weighted by atomic mass is 9.96. The Morgan fingerprint density at radius 2 is 1.07 bits per heavy atom. The predicted octanol–water partition coefficient (Wildman–Crippen LogP) is 7.30. The Kier molecular flexibility index (Phi) is 9.70. The molecule has 278 valence electrons. The lowest BCUT2D eigenvalue weighted by molar-refractivity contribution is 0.0765. The van der Waals surface area contributed by atoms with Crippen molar-refractivity contribution in [3.8, 4) is 28.7 Å². The second-order valence-electron chi connectivity index (χ2n) is 14.2. The van der Waals surface area contributed by atoms with Crippen molar-refractivity contribution in [2.75, 3.05) is 47.6 Å². The highest BCUT2D eigenvalue weighted by Gasteiger charge is 2.39. The Balaban J connectivity index is 0.893. The molecular weight excluding hydrogens is 684 g/mol. The summed E-state index contributed by atoms with van der Waals surface area (Å²) in [6.07, 6.45) is 5.92. The van der Waals surface area contributed by atoms with Crippen molar-refractivity contribution in [3.05, 3.63) is 101 Å². The van der Waals surface area contributed by atoms with Crippen LogP contribution in [0.3, 0.4) is 0 Å². The molecule has 11 heteroatoms. The third-order valence-electron chi connectivity index (χ3n) is 10.9. The Hall–Kier alpha value is -5.84. The van der Waals surface area contributed by atoms with Crippen LogP contribution in [-0.4, -0.2) is 93.8 Å². The van der Waals surface area contributed by atoms with Gasteiger partial charge in [-0.15, -0.1) is 0 Å². The summed E-state index contributed by atoms with van der Waals surface area (Å²) in [5.41, 5.74) is 5.74. The van der Waals surface area contributed by atoms with E-state index in [9.17, 15) is 9.59 Å². The van der Waals surface area contributed by atoms with Gasteiger partial charge in [0.15, 0.2) is 23.0 Å². The molecule has 0 spiro atoms. The molecule has 0 radical (unpaired) electrons. The Morgan fingerprint density at radius 3 is 1.52 bits per heavy atom. The van der Waals surface area contributed by atoms with Crippen LogP contribution in [0.2, 0.25) is 0 Å². The molecule has 54 heavy (non-hydrogen) atoms. The van der Waals surface area contributed by atoms with Crippen LogP contribution in [0.4, 0.5) is 11.4 Å². The summed E-state index contributed by atoms with van der Waals surface area (Å²) in [4.78, 5) is 40.8. The molecule has 0 aliphatic carbocycles. The fraction of sp³-hybridized carbons (Fsp3) is 0.349. The molecule has 11 nitrogen and oxygen atoms in total. The van der Waals surface area contributed by atoms with Crippen molar-refractivity contribution in [1.82, 2.24) is 9.80 Å². The first-order valence-corrected chi connectivity index (χ1v) is 18.4. The van der Waals surface area contributed by atoms with Crippen LogP contribution < -0.4 is 23.7 Å². The number of rotatable bonds is 11. The minimum Gasteiger partial charge on any atom is -0.497 e. The van der Waals surface area contributed by atoms with E-state index in [1.807, 2.05) is 34.4 Å². The summed E-state index contributed by atoms with van der Waals surface area (Å²) in [7, 11) is 4.78. The fourth-order valence-electron chi connectivity index (χ4n) is 7.94. The first-order valence-electron chi connectivity index (χ1n) is 18.4. The predicted molar refractivity (Wildman–Crippen MR) is 206 cm³/mol. The van der Waals surface area contributed by atoms with E-state index < -0.39 is 0 Å². The second-order valence-corrected chi connectivity index (χ2v) is 14.2. The van der Waals surface area contributed by atoms with E-state index in [-0.39, 0.29) is 35.7 Å². The van der Waals surface area contributed by atoms with E-state index in [1.54, 1.807) is 45.6 Å². The van der Waals surface area contributed by atoms with Gasteiger partial charge < -0.3 is 33.5 Å². The summed E-state index contributed by atoms with van der Waals surface area (Å²) in [6.45, 7) is 3.98. The Bertz CT molecular complexity index is 2110. The second kappa shape index (κ2) is 14.9. The number of carbonyl (C=O) groups is 2. The molecule has 4 atom stereocenters. The molecule has 0 aromatic heterocycles. The summed E-state index contributed by atoms with van der Waals surface area (Å²) in [5.74, 6) is 3.08. The number of carbonyl (C=O) groups excluding carboxylic acids is 2. The smallest absolute Gasteiger partial charge is 0.256 e. The quantitative estimate of drug-likeness (QED) is 0.149. The summed E-state index contributed by atoms with van der Waals surface area (Å²) in [6, 6.07) is 23.4. The zero-order valence-corrected chi connectivity index (χ0v) is 31.0. The monoisotopic (exact) mass is 728 g/mol. The van der Waals surface area contributed by atoms with E-state index in [2.05, 4.69) is 43.3 Å². The zero-order valence-electron chi connectivity index (χ0n) is 31.0. The van der Waals surface area contributed by atoms with Crippen molar-refractivity contribution in [2.45, 2.75) is 50.1 Å². The lowest BCUT2D eigenvalue weighted by Crippen LogP contribution is -2.35. The highest BCUT2D eigenvalue weighted by Crippen LogP contribution is 2.42. The largest absolute Gasteiger partial charge is 0.497 e. The van der Waals surface area contributed by atoms with Gasteiger partial charge in [-0.25, -0.2) is 0 Å². The molecule has 4 aromatic carbocycles. The number of aryl methyl sites for hydroxylation is 1. The van der Waals surface area contributed by atoms with Gasteiger partial charge in [-0.1, -0.05) is 42.0 Å². The standard InChI is InChI=1S/C43H44N4O7/c1-26-6-8-27(9-7-26)29-16-31-22-44-36-20-40(38(51-3)18-34(36)42(48)46(31)24-29)53-14-5-15-54-41-21-37-35(19-39(41)52-4)43(49)47-25-30(17-32(47)23-45-37)28-10-12-33(50-2)13-11-28/h6-13,18-23,29-32H,5,14-17,24-25H2,1-4H3/t29?,30?,31-,32-/m0/s1. The molecule has 4 aliphatic heterocycles. The van der Waals surface area contributed by atoms with Crippen molar-refractivity contribution < 1.29 is 33.3 Å². The van der Waals surface area contributed by atoms with Crippen LogP contribution in [0.15, 0.2) is 82.8 Å². The average Bonchev–Trinajstić information content (AvgIpc) is 3.78. The molecule has 2 amide bonds. The number of benzene rings is 4. The minimum atomic E-state index is -0.105. The summed E-state index contributed by atoms with van der Waals surface area (Å²) >= 11 is 0. The summed E-state index contributed by atoms with van der Waals surface area (Å²) in [5, 5.41) is 0. The number of methoxy groups -OCH3 is 3. The highest BCUT2D eigenvalue weighted by atomic mass is 16.5. The minimum absolute atomic E-state index is 0.0563. The number of hydrogen-bond acceptors (Lipinski definition) is 9. The number of amides is 2. The first-order chi connectivity index (χ1) is 26.3. The van der Waals surface area contributed by atoms with Gasteiger partial charge in [-0.2, -0.15) is 0 Å². The van der Waals surface area contributed by atoms with Crippen LogP contribution >= 0.6 is 0 Å². The van der Waals surface area contributed by atoms with Crippen molar-refractivity contribution in [2.24, 2.45) is 9.98 Å². The normalized spacial score (nSPS) is 21.1. The first kappa shape index (κ1) is 35.2. The van der Waals surface area contributed by atoms with Crippen molar-refractivity contribution in [1.29, 1.82) is 0 Å². The van der Waals surface area contributed by atoms with Gasteiger partial charge in [-0.05, 0) is 55.2 Å². The molecule has 2 unspecified atom stereocenters. The molecule has 8 rings (SSSR count). The third kappa shape index (κ3) is 6.74. The molecule has 4 aliphatic rings. The number of ether oxygens (including phenoxy) is 5. The maximum Gasteiger partial charge on any atom is 0.256 e. The lowest BCUT2D eigenvalue weighted by Gasteiger charge is -2.21. The van der Waals surface area contributed by atoms with Crippen LogP contribution in [0, 0.1) is 6.92 Å². The maximum atomic E-state index is 13.8. The molecule has 0 bridgehead atoms. The molecule has 2 fully saturated rings. The number of aliphatic imine (C=N–C) groups is 2. The van der Waals surface area contributed by atoms with Crippen LogP contribution in [0.5, 0.6) is 28.7 Å². The SMILES string of the molecule is COc1ccc(C2C[C@H]3C=Nc4cc(OCCCOc5cc6c(cc5OC)C(=O)N5CC(c7ccc(C)cc7)C[C@H]5C=N6)c(OC)cc4C(=O)N3C2)cc1. The van der Waals surface area contributed by atoms with Crippen LogP contribution in [0.25, 0.3) is 0 Å². The molecule has 0 saturated carbocycles. The molecule has 4 heterocycles. The maximum absolute atomic E-state index is 13.8. The van der Waals surface area contributed by atoms with Crippen molar-refractivity contribution >= 4 is 35.6 Å². The van der Waals surface area contributed by atoms with E-state index in [0.717, 1.165) is 18.6 Å². The highest BCUT2D eigenvalue weighted by molar-refractivity contribution is 6.04. The Labute approximate surface area is 315 Å². The van der Waals surface area contributed by atoms with E-state index in [0.29, 0.717) is 78.2 Å². The molecule has 2 saturated heterocycles. The van der Waals surface area contributed by atoms with E-state index in [4.69, 9.17) is 33.7 Å². The van der Waals surface area contributed by atoms with E-state index >= 15 is 0 Å². The fourth-order valence-corrected chi connectivity index (χ4v) is 7.94. The van der Waals surface area contributed by atoms with Gasteiger partial charge >= 0.3 is 0 Å². The van der Waals surface area contributed by atoms with Gasteiger partial charge in [0.2, 0.25) is 0 Å². The van der Waals surface area contributed by atoms with Gasteiger partial charge in [0.05, 0.1) is 69.1 Å². The van der Waals surface area contributed by atoms with Gasteiger partial charge in [0.1, 0.15) is 5.75 Å². The van der Waals surface area contributed by atoms with Gasteiger partial charge in [0, 0.05) is 55.9 Å². The Morgan fingerprint density at radius 1 is 0.611 bits per heavy atom. The van der Waals surface area contributed by atoms with Crippen LogP contribution in [-0.2, 0) is 0 Å². The molecule has 0 N–H and O–H groups in total. The number of hydrogen-bond donors (Lipinski definition) is 0. The number of nitrogens with zero attached hydrogens (tertiary/aromatic N) is 4. The van der Waals surface area contributed by atoms with Crippen LogP contribution in [0.1, 0.15) is 68.5 Å². The van der Waals surface area contributed by atoms with Gasteiger partial charge in [-0.3, -0.25) is 19.6 Å². The average molecular weight is 729 g/mol. The molecular formula is C43H44N4O7. The topological polar surface area (TPSA) is 111 Å². The third-order valence-corrected chi connectivity index (χ3v) is 10.9. The summed E-state index contributed by atoms with van der Waals surface area (Å²) < 4.78 is 28.9. The van der Waals surface area contributed by atoms with Crippen molar-refractivity contribution in [3.63, 3.8) is 0 Å². The number of fused-ring (bicyclic) bond motifs is 4.